The molecule has 0 bridgehead atoms. The minimum Gasteiger partial charge on any atom is -0.367 e. The lowest BCUT2D eigenvalue weighted by Crippen LogP contribution is -2.57. The molecule has 1 fully saturated rings. The van der Waals surface area contributed by atoms with Gasteiger partial charge in [0, 0.05) is 37.1 Å². The Morgan fingerprint density at radius 3 is 2.44 bits per heavy atom. The highest BCUT2D eigenvalue weighted by Gasteiger charge is 2.34. The summed E-state index contributed by atoms with van der Waals surface area (Å²) in [6, 6.07) is 22.6. The van der Waals surface area contributed by atoms with Crippen molar-refractivity contribution < 1.29 is 14.3 Å². The van der Waals surface area contributed by atoms with Crippen LogP contribution >= 0.6 is 11.3 Å². The summed E-state index contributed by atoms with van der Waals surface area (Å²) in [5.41, 5.74) is 3.60. The van der Waals surface area contributed by atoms with Gasteiger partial charge in [0.05, 0.1) is 19.2 Å². The molecule has 2 amide bonds. The van der Waals surface area contributed by atoms with E-state index in [0.717, 1.165) is 18.5 Å². The van der Waals surface area contributed by atoms with E-state index in [4.69, 9.17) is 4.74 Å². The molecular formula is C29H33N3O3S. The van der Waals surface area contributed by atoms with Crippen LogP contribution in [0.3, 0.4) is 0 Å². The lowest BCUT2D eigenvalue weighted by atomic mass is 9.93. The molecule has 2 aliphatic rings. The van der Waals surface area contributed by atoms with Gasteiger partial charge in [-0.1, -0.05) is 60.7 Å². The van der Waals surface area contributed by atoms with Crippen molar-refractivity contribution in [3.05, 3.63) is 93.7 Å². The summed E-state index contributed by atoms with van der Waals surface area (Å²) in [4.78, 5) is 33.7. The van der Waals surface area contributed by atoms with Crippen LogP contribution in [0, 0.1) is 0 Å². The van der Waals surface area contributed by atoms with Gasteiger partial charge in [0.2, 0.25) is 11.8 Å². The molecule has 2 aliphatic heterocycles. The summed E-state index contributed by atoms with van der Waals surface area (Å²) in [5.74, 6) is 0.115. The molecule has 0 unspecified atom stereocenters. The first-order valence-electron chi connectivity index (χ1n) is 12.6. The van der Waals surface area contributed by atoms with Gasteiger partial charge in [-0.15, -0.1) is 11.3 Å². The van der Waals surface area contributed by atoms with Gasteiger partial charge in [0.15, 0.2) is 0 Å². The van der Waals surface area contributed by atoms with Crippen LogP contribution in [0.15, 0.2) is 72.1 Å². The fourth-order valence-corrected chi connectivity index (χ4v) is 6.21. The standard InChI is InChI=1S/C29H33N3O3S/c1-22-18-30(15-16-32(22)28(34)21-35-20-23-8-4-2-5-9-23)27(33)19-31-14-12-26-25(13-17-36-26)29(31)24-10-6-3-7-11-24/h2-11,13,17,22,29H,12,14-16,18-21H2,1H3/t22-,29-/m1/s1. The molecule has 2 atom stereocenters. The van der Waals surface area contributed by atoms with Crippen LogP contribution in [0.2, 0.25) is 0 Å². The van der Waals surface area contributed by atoms with Gasteiger partial charge in [-0.3, -0.25) is 14.5 Å². The molecule has 3 aromatic rings. The molecule has 0 radical (unpaired) electrons. The van der Waals surface area contributed by atoms with Gasteiger partial charge in [0.1, 0.15) is 6.61 Å². The van der Waals surface area contributed by atoms with Gasteiger partial charge in [-0.25, -0.2) is 0 Å². The Morgan fingerprint density at radius 1 is 0.944 bits per heavy atom. The van der Waals surface area contributed by atoms with Crippen LogP contribution in [0.1, 0.15) is 34.5 Å². The largest absolute Gasteiger partial charge is 0.367 e. The number of hydrogen-bond donors (Lipinski definition) is 0. The molecule has 0 aliphatic carbocycles. The number of piperazine rings is 1. The van der Waals surface area contributed by atoms with Crippen LogP contribution < -0.4 is 0 Å². The third kappa shape index (κ3) is 5.53. The molecule has 3 heterocycles. The van der Waals surface area contributed by atoms with Crippen LogP contribution in [-0.4, -0.2) is 71.9 Å². The number of ether oxygens (including phenoxy) is 1. The van der Waals surface area contributed by atoms with Crippen molar-refractivity contribution in [3.63, 3.8) is 0 Å². The Morgan fingerprint density at radius 2 is 1.69 bits per heavy atom. The normalized spacial score (nSPS) is 20.2. The molecule has 7 heteroatoms. The maximum Gasteiger partial charge on any atom is 0.248 e. The second-order valence-electron chi connectivity index (χ2n) is 9.59. The van der Waals surface area contributed by atoms with Gasteiger partial charge in [-0.05, 0) is 41.5 Å². The monoisotopic (exact) mass is 503 g/mol. The molecule has 188 valence electrons. The second kappa shape index (κ2) is 11.4. The Bertz CT molecular complexity index is 1170. The van der Waals surface area contributed by atoms with Crippen LogP contribution in [0.5, 0.6) is 0 Å². The summed E-state index contributed by atoms with van der Waals surface area (Å²) < 4.78 is 5.66. The number of amides is 2. The first-order valence-corrected chi connectivity index (χ1v) is 13.5. The van der Waals surface area contributed by atoms with E-state index in [1.54, 1.807) is 0 Å². The van der Waals surface area contributed by atoms with E-state index in [-0.39, 0.29) is 30.5 Å². The van der Waals surface area contributed by atoms with Crippen LogP contribution in [0.25, 0.3) is 0 Å². The van der Waals surface area contributed by atoms with E-state index in [2.05, 4.69) is 40.6 Å². The number of carbonyl (C=O) groups is 2. The van der Waals surface area contributed by atoms with E-state index in [9.17, 15) is 9.59 Å². The molecule has 5 rings (SSSR count). The topological polar surface area (TPSA) is 53.1 Å². The fraction of sp³-hybridized carbons (Fsp3) is 0.379. The zero-order chi connectivity index (χ0) is 24.9. The highest BCUT2D eigenvalue weighted by Crippen LogP contribution is 2.37. The summed E-state index contributed by atoms with van der Waals surface area (Å²) in [5, 5.41) is 2.16. The van der Waals surface area contributed by atoms with Crippen LogP contribution in [0.4, 0.5) is 0 Å². The summed E-state index contributed by atoms with van der Waals surface area (Å²) >= 11 is 1.81. The van der Waals surface area contributed by atoms with Crippen molar-refractivity contribution in [1.29, 1.82) is 0 Å². The smallest absolute Gasteiger partial charge is 0.248 e. The number of rotatable bonds is 7. The zero-order valence-electron chi connectivity index (χ0n) is 20.7. The van der Waals surface area contributed by atoms with E-state index in [1.165, 1.54) is 16.0 Å². The maximum absolute atomic E-state index is 13.4. The minimum absolute atomic E-state index is 0.0179. The fourth-order valence-electron chi connectivity index (χ4n) is 5.31. The number of carbonyl (C=O) groups excluding carboxylic acids is 2. The predicted molar refractivity (Wildman–Crippen MR) is 142 cm³/mol. The second-order valence-corrected chi connectivity index (χ2v) is 10.6. The van der Waals surface area contributed by atoms with Gasteiger partial charge < -0.3 is 14.5 Å². The Hall–Kier alpha value is -3.00. The first-order chi connectivity index (χ1) is 17.6. The number of fused-ring (bicyclic) bond motifs is 1. The quantitative estimate of drug-likeness (QED) is 0.490. The SMILES string of the molecule is C[C@@H]1CN(C(=O)CN2CCc3sccc3[C@H]2c2ccccc2)CCN1C(=O)COCc1ccccc1. The highest BCUT2D eigenvalue weighted by molar-refractivity contribution is 7.10. The molecule has 36 heavy (non-hydrogen) atoms. The van der Waals surface area contributed by atoms with E-state index in [1.807, 2.05) is 64.5 Å². The minimum atomic E-state index is -0.0368. The lowest BCUT2D eigenvalue weighted by molar-refractivity contribution is -0.146. The molecule has 0 spiro atoms. The first kappa shape index (κ1) is 24.7. The van der Waals surface area contributed by atoms with E-state index < -0.39 is 0 Å². The van der Waals surface area contributed by atoms with Crippen molar-refractivity contribution in [2.75, 3.05) is 39.3 Å². The van der Waals surface area contributed by atoms with E-state index >= 15 is 0 Å². The van der Waals surface area contributed by atoms with Crippen molar-refractivity contribution in [3.8, 4) is 0 Å². The molecule has 2 aromatic carbocycles. The number of thiophene rings is 1. The van der Waals surface area contributed by atoms with Gasteiger partial charge in [-0.2, -0.15) is 0 Å². The number of benzene rings is 2. The number of nitrogens with zero attached hydrogens (tertiary/aromatic N) is 3. The molecule has 1 saturated heterocycles. The lowest BCUT2D eigenvalue weighted by Gasteiger charge is -2.42. The highest BCUT2D eigenvalue weighted by atomic mass is 32.1. The Labute approximate surface area is 217 Å². The van der Waals surface area contributed by atoms with Gasteiger partial charge in [0.25, 0.3) is 0 Å². The third-order valence-electron chi connectivity index (χ3n) is 7.16. The maximum atomic E-state index is 13.4. The molecule has 0 saturated carbocycles. The number of hydrogen-bond acceptors (Lipinski definition) is 5. The van der Waals surface area contributed by atoms with Crippen molar-refractivity contribution >= 4 is 23.2 Å². The molecule has 1 aromatic heterocycles. The van der Waals surface area contributed by atoms with Crippen molar-refractivity contribution in [1.82, 2.24) is 14.7 Å². The van der Waals surface area contributed by atoms with Crippen molar-refractivity contribution in [2.24, 2.45) is 0 Å². The summed E-state index contributed by atoms with van der Waals surface area (Å²) in [6.45, 7) is 5.39. The zero-order valence-corrected chi connectivity index (χ0v) is 21.5. The molecular weight excluding hydrogens is 470 g/mol. The van der Waals surface area contributed by atoms with Gasteiger partial charge >= 0.3 is 0 Å². The van der Waals surface area contributed by atoms with E-state index in [0.29, 0.717) is 32.8 Å². The average Bonchev–Trinajstić information content (AvgIpc) is 3.38. The predicted octanol–water partition coefficient (Wildman–Crippen LogP) is 3.97. The Balaban J connectivity index is 1.17. The summed E-state index contributed by atoms with van der Waals surface area (Å²) in [7, 11) is 0. The van der Waals surface area contributed by atoms with Crippen molar-refractivity contribution in [2.45, 2.75) is 32.0 Å². The summed E-state index contributed by atoms with van der Waals surface area (Å²) in [6.07, 6.45) is 0.977. The molecule has 0 N–H and O–H groups in total. The molecule has 6 nitrogen and oxygen atoms in total. The Kier molecular flexibility index (Phi) is 7.80. The third-order valence-corrected chi connectivity index (χ3v) is 8.15. The average molecular weight is 504 g/mol. The van der Waals surface area contributed by atoms with Crippen LogP contribution in [-0.2, 0) is 27.4 Å².